The largest absolute Gasteiger partial charge is 0.497 e. The molecule has 0 unspecified atom stereocenters. The molecule has 3 aromatic rings. The van der Waals surface area contributed by atoms with Crippen LogP contribution in [0.3, 0.4) is 0 Å². The third-order valence-corrected chi connectivity index (χ3v) is 4.77. The van der Waals surface area contributed by atoms with E-state index in [2.05, 4.69) is 20.2 Å². The molecule has 7 nitrogen and oxygen atoms in total. The topological polar surface area (TPSA) is 87.3 Å². The first-order valence-corrected chi connectivity index (χ1v) is 8.87. The van der Waals surface area contributed by atoms with E-state index < -0.39 is 5.91 Å². The number of aromatic amines is 1. The molecule has 1 amide bonds. The molecular formula is C20H20N4O3. The van der Waals surface area contributed by atoms with E-state index in [0.29, 0.717) is 22.3 Å². The number of carbonyl (C=O) groups is 1. The SMILES string of the molecule is COc1ccc2c(=O)c(C(=O)Nc3ccc(N4CCCC4)nc3)c[nH]c2c1. The van der Waals surface area contributed by atoms with Crippen LogP contribution >= 0.6 is 0 Å². The number of carbonyl (C=O) groups excluding carboxylic acids is 1. The number of rotatable bonds is 4. The second-order valence-electron chi connectivity index (χ2n) is 6.50. The Morgan fingerprint density at radius 2 is 2.04 bits per heavy atom. The van der Waals surface area contributed by atoms with Gasteiger partial charge >= 0.3 is 0 Å². The van der Waals surface area contributed by atoms with Crippen LogP contribution in [-0.4, -0.2) is 36.1 Å². The Morgan fingerprint density at radius 1 is 1.22 bits per heavy atom. The second kappa shape index (κ2) is 7.11. The summed E-state index contributed by atoms with van der Waals surface area (Å²) in [6.45, 7) is 2.02. The zero-order chi connectivity index (χ0) is 18.8. The van der Waals surface area contributed by atoms with Crippen LogP contribution in [0.1, 0.15) is 23.2 Å². The number of aromatic nitrogens is 2. The maximum absolute atomic E-state index is 12.6. The van der Waals surface area contributed by atoms with E-state index in [1.54, 1.807) is 37.6 Å². The average molecular weight is 364 g/mol. The van der Waals surface area contributed by atoms with Gasteiger partial charge < -0.3 is 19.9 Å². The van der Waals surface area contributed by atoms with Crippen LogP contribution in [0.2, 0.25) is 0 Å². The number of methoxy groups -OCH3 is 1. The number of pyridine rings is 2. The third-order valence-electron chi connectivity index (χ3n) is 4.77. The molecule has 0 atom stereocenters. The van der Waals surface area contributed by atoms with Crippen molar-refractivity contribution in [1.82, 2.24) is 9.97 Å². The van der Waals surface area contributed by atoms with Crippen molar-refractivity contribution in [3.8, 4) is 5.75 Å². The minimum absolute atomic E-state index is 0.0521. The highest BCUT2D eigenvalue weighted by atomic mass is 16.5. The van der Waals surface area contributed by atoms with Crippen molar-refractivity contribution in [2.45, 2.75) is 12.8 Å². The molecule has 0 spiro atoms. The lowest BCUT2D eigenvalue weighted by Crippen LogP contribution is -2.22. The molecule has 2 N–H and O–H groups in total. The van der Waals surface area contributed by atoms with E-state index in [1.807, 2.05) is 6.07 Å². The summed E-state index contributed by atoms with van der Waals surface area (Å²) in [6, 6.07) is 8.76. The Kier molecular flexibility index (Phi) is 4.50. The Bertz CT molecular complexity index is 1040. The number of hydrogen-bond donors (Lipinski definition) is 2. The Labute approximate surface area is 156 Å². The van der Waals surface area contributed by atoms with E-state index >= 15 is 0 Å². The summed E-state index contributed by atoms with van der Waals surface area (Å²) in [6.07, 6.45) is 5.39. The van der Waals surface area contributed by atoms with Gasteiger partial charge in [-0.15, -0.1) is 0 Å². The summed E-state index contributed by atoms with van der Waals surface area (Å²) in [5.74, 6) is 1.08. The second-order valence-corrected chi connectivity index (χ2v) is 6.50. The summed E-state index contributed by atoms with van der Waals surface area (Å²) in [5.41, 5.74) is 0.895. The number of hydrogen-bond acceptors (Lipinski definition) is 5. The molecule has 138 valence electrons. The number of nitrogens with one attached hydrogen (secondary N) is 2. The highest BCUT2D eigenvalue weighted by Crippen LogP contribution is 2.20. The van der Waals surface area contributed by atoms with Crippen LogP contribution < -0.4 is 20.4 Å². The fourth-order valence-corrected chi connectivity index (χ4v) is 3.29. The molecule has 0 radical (unpaired) electrons. The number of ether oxygens (including phenoxy) is 1. The maximum Gasteiger partial charge on any atom is 0.261 e. The van der Waals surface area contributed by atoms with E-state index in [0.717, 1.165) is 18.9 Å². The molecule has 2 aromatic heterocycles. The van der Waals surface area contributed by atoms with Crippen LogP contribution in [0.5, 0.6) is 5.75 Å². The molecular weight excluding hydrogens is 344 g/mol. The standard InChI is InChI=1S/C20H20N4O3/c1-27-14-5-6-15-17(10-14)21-12-16(19(15)25)20(26)23-13-4-7-18(22-11-13)24-8-2-3-9-24/h4-7,10-12H,2-3,8-9H2,1H3,(H,21,25)(H,23,26). The minimum atomic E-state index is -0.468. The number of amides is 1. The number of anilines is 2. The molecule has 1 aliphatic rings. The predicted octanol–water partition coefficient (Wildman–Crippen LogP) is 2.78. The zero-order valence-corrected chi connectivity index (χ0v) is 15.0. The number of fused-ring (bicyclic) bond motifs is 1. The first-order chi connectivity index (χ1) is 13.2. The molecule has 1 aromatic carbocycles. The van der Waals surface area contributed by atoms with Crippen LogP contribution in [-0.2, 0) is 0 Å². The Hall–Kier alpha value is -3.35. The van der Waals surface area contributed by atoms with Gasteiger partial charge in [-0.05, 0) is 37.1 Å². The van der Waals surface area contributed by atoms with Gasteiger partial charge in [-0.2, -0.15) is 0 Å². The van der Waals surface area contributed by atoms with E-state index in [9.17, 15) is 9.59 Å². The lowest BCUT2D eigenvalue weighted by molar-refractivity contribution is 0.102. The molecule has 27 heavy (non-hydrogen) atoms. The lowest BCUT2D eigenvalue weighted by atomic mass is 10.1. The van der Waals surface area contributed by atoms with Gasteiger partial charge in [0.1, 0.15) is 17.1 Å². The summed E-state index contributed by atoms with van der Waals surface area (Å²) in [4.78, 5) is 34.8. The Balaban J connectivity index is 1.55. The van der Waals surface area contributed by atoms with Crippen molar-refractivity contribution in [1.29, 1.82) is 0 Å². The van der Waals surface area contributed by atoms with Gasteiger partial charge in [0.2, 0.25) is 5.43 Å². The quantitative estimate of drug-likeness (QED) is 0.743. The van der Waals surface area contributed by atoms with Crippen LogP contribution in [0, 0.1) is 0 Å². The molecule has 0 bridgehead atoms. The normalized spacial score (nSPS) is 13.7. The van der Waals surface area contributed by atoms with Crippen LogP contribution in [0.25, 0.3) is 10.9 Å². The van der Waals surface area contributed by atoms with Crippen LogP contribution in [0.4, 0.5) is 11.5 Å². The van der Waals surface area contributed by atoms with Gasteiger partial charge in [0.25, 0.3) is 5.91 Å². The molecule has 1 fully saturated rings. The van der Waals surface area contributed by atoms with Crippen molar-refractivity contribution < 1.29 is 9.53 Å². The molecule has 7 heteroatoms. The van der Waals surface area contributed by atoms with Gasteiger partial charge in [0.05, 0.1) is 24.5 Å². The van der Waals surface area contributed by atoms with Gasteiger partial charge in [0.15, 0.2) is 0 Å². The molecule has 3 heterocycles. The maximum atomic E-state index is 12.6. The monoisotopic (exact) mass is 364 g/mol. The zero-order valence-electron chi connectivity index (χ0n) is 15.0. The minimum Gasteiger partial charge on any atom is -0.497 e. The van der Waals surface area contributed by atoms with Crippen LogP contribution in [0.15, 0.2) is 47.5 Å². The van der Waals surface area contributed by atoms with E-state index in [4.69, 9.17) is 4.74 Å². The van der Waals surface area contributed by atoms with Gasteiger partial charge in [0, 0.05) is 30.7 Å². The number of H-pyrrole nitrogens is 1. The van der Waals surface area contributed by atoms with Crippen molar-refractivity contribution in [2.24, 2.45) is 0 Å². The summed E-state index contributed by atoms with van der Waals surface area (Å²) >= 11 is 0. The highest BCUT2D eigenvalue weighted by Gasteiger charge is 2.15. The predicted molar refractivity (Wildman–Crippen MR) is 105 cm³/mol. The van der Waals surface area contributed by atoms with E-state index in [-0.39, 0.29) is 11.0 Å². The van der Waals surface area contributed by atoms with Gasteiger partial charge in [-0.1, -0.05) is 0 Å². The third kappa shape index (κ3) is 3.36. The summed E-state index contributed by atoms with van der Waals surface area (Å²) < 4.78 is 5.15. The summed E-state index contributed by atoms with van der Waals surface area (Å²) in [7, 11) is 1.56. The average Bonchev–Trinajstić information content (AvgIpc) is 3.23. The molecule has 1 aliphatic heterocycles. The van der Waals surface area contributed by atoms with Crippen molar-refractivity contribution in [2.75, 3.05) is 30.4 Å². The first-order valence-electron chi connectivity index (χ1n) is 8.87. The number of benzene rings is 1. The Morgan fingerprint density at radius 3 is 2.74 bits per heavy atom. The summed E-state index contributed by atoms with van der Waals surface area (Å²) in [5, 5.41) is 3.18. The highest BCUT2D eigenvalue weighted by molar-refractivity contribution is 6.05. The fraction of sp³-hybridized carbons (Fsp3) is 0.250. The smallest absolute Gasteiger partial charge is 0.261 e. The molecule has 0 saturated carbocycles. The fourth-order valence-electron chi connectivity index (χ4n) is 3.29. The van der Waals surface area contributed by atoms with E-state index in [1.165, 1.54) is 19.0 Å². The molecule has 0 aliphatic carbocycles. The van der Waals surface area contributed by atoms with Gasteiger partial charge in [-0.3, -0.25) is 9.59 Å². The molecule has 1 saturated heterocycles. The van der Waals surface area contributed by atoms with Crippen molar-refractivity contribution in [3.05, 3.63) is 58.5 Å². The first kappa shape index (κ1) is 17.1. The van der Waals surface area contributed by atoms with Crippen molar-refractivity contribution in [3.63, 3.8) is 0 Å². The number of nitrogens with zero attached hydrogens (tertiary/aromatic N) is 2. The van der Waals surface area contributed by atoms with Gasteiger partial charge in [-0.25, -0.2) is 4.98 Å². The lowest BCUT2D eigenvalue weighted by Gasteiger charge is -2.16. The molecule has 4 rings (SSSR count). The van der Waals surface area contributed by atoms with Crippen molar-refractivity contribution >= 4 is 28.3 Å².